The zero-order valence-corrected chi connectivity index (χ0v) is 10.1. The SMILES string of the molecule is CC1CCC(CNC(N)=NCC2CCC2)O1. The van der Waals surface area contributed by atoms with E-state index < -0.39 is 0 Å². The van der Waals surface area contributed by atoms with Crippen LogP contribution in [0.5, 0.6) is 0 Å². The van der Waals surface area contributed by atoms with Crippen molar-refractivity contribution in [2.24, 2.45) is 16.6 Å². The van der Waals surface area contributed by atoms with Crippen molar-refractivity contribution in [2.45, 2.75) is 51.2 Å². The van der Waals surface area contributed by atoms with E-state index in [9.17, 15) is 0 Å². The molecule has 0 radical (unpaired) electrons. The molecule has 1 saturated heterocycles. The van der Waals surface area contributed by atoms with Crippen LogP contribution in [0, 0.1) is 5.92 Å². The molecule has 0 amide bonds. The van der Waals surface area contributed by atoms with E-state index in [4.69, 9.17) is 10.5 Å². The molecule has 16 heavy (non-hydrogen) atoms. The van der Waals surface area contributed by atoms with Gasteiger partial charge in [0.25, 0.3) is 0 Å². The van der Waals surface area contributed by atoms with Gasteiger partial charge >= 0.3 is 0 Å². The first-order valence-corrected chi connectivity index (χ1v) is 6.43. The smallest absolute Gasteiger partial charge is 0.188 e. The second-order valence-corrected chi connectivity index (χ2v) is 5.05. The molecule has 0 bridgehead atoms. The maximum Gasteiger partial charge on any atom is 0.188 e. The Kier molecular flexibility index (Phi) is 4.04. The lowest BCUT2D eigenvalue weighted by Crippen LogP contribution is -2.38. The third-order valence-corrected chi connectivity index (χ3v) is 3.58. The summed E-state index contributed by atoms with van der Waals surface area (Å²) in [6.07, 6.45) is 7.00. The fourth-order valence-electron chi connectivity index (χ4n) is 2.21. The normalized spacial score (nSPS) is 31.4. The van der Waals surface area contributed by atoms with Gasteiger partial charge in [-0.1, -0.05) is 6.42 Å². The summed E-state index contributed by atoms with van der Waals surface area (Å²) in [5.74, 6) is 1.36. The molecule has 0 aromatic rings. The van der Waals surface area contributed by atoms with Gasteiger partial charge in [0.2, 0.25) is 0 Å². The predicted molar refractivity (Wildman–Crippen MR) is 65.4 cm³/mol. The van der Waals surface area contributed by atoms with Crippen molar-refractivity contribution in [1.29, 1.82) is 0 Å². The average molecular weight is 225 g/mol. The molecular formula is C12H23N3O. The highest BCUT2D eigenvalue weighted by Gasteiger charge is 2.21. The predicted octanol–water partition coefficient (Wildman–Crippen LogP) is 1.26. The van der Waals surface area contributed by atoms with Gasteiger partial charge in [0.15, 0.2) is 5.96 Å². The van der Waals surface area contributed by atoms with Gasteiger partial charge in [-0.3, -0.25) is 4.99 Å². The molecule has 1 aliphatic carbocycles. The first-order chi connectivity index (χ1) is 7.74. The summed E-state index contributed by atoms with van der Waals surface area (Å²) in [4.78, 5) is 4.35. The summed E-state index contributed by atoms with van der Waals surface area (Å²) >= 11 is 0. The zero-order valence-electron chi connectivity index (χ0n) is 10.1. The lowest BCUT2D eigenvalue weighted by atomic mass is 9.86. The van der Waals surface area contributed by atoms with Crippen molar-refractivity contribution in [2.75, 3.05) is 13.1 Å². The van der Waals surface area contributed by atoms with Crippen LogP contribution in [-0.2, 0) is 4.74 Å². The quantitative estimate of drug-likeness (QED) is 0.559. The molecule has 0 aromatic carbocycles. The van der Waals surface area contributed by atoms with Crippen molar-refractivity contribution >= 4 is 5.96 Å². The fourth-order valence-corrected chi connectivity index (χ4v) is 2.21. The van der Waals surface area contributed by atoms with Crippen LogP contribution in [0.4, 0.5) is 0 Å². The molecule has 1 saturated carbocycles. The van der Waals surface area contributed by atoms with Gasteiger partial charge in [-0.15, -0.1) is 0 Å². The Balaban J connectivity index is 1.60. The second kappa shape index (κ2) is 5.53. The lowest BCUT2D eigenvalue weighted by molar-refractivity contribution is 0.0586. The monoisotopic (exact) mass is 225 g/mol. The van der Waals surface area contributed by atoms with E-state index in [0.29, 0.717) is 18.2 Å². The standard InChI is InChI=1S/C12H23N3O/c1-9-5-6-11(16-9)8-15-12(13)14-7-10-3-2-4-10/h9-11H,2-8H2,1H3,(H3,13,14,15). The summed E-state index contributed by atoms with van der Waals surface area (Å²) in [5, 5.41) is 3.15. The largest absolute Gasteiger partial charge is 0.373 e. The Labute approximate surface area is 97.6 Å². The van der Waals surface area contributed by atoms with Crippen LogP contribution in [0.1, 0.15) is 39.0 Å². The van der Waals surface area contributed by atoms with Crippen molar-refractivity contribution in [3.63, 3.8) is 0 Å². The van der Waals surface area contributed by atoms with Crippen molar-refractivity contribution in [1.82, 2.24) is 5.32 Å². The molecule has 1 aliphatic heterocycles. The third-order valence-electron chi connectivity index (χ3n) is 3.58. The van der Waals surface area contributed by atoms with Crippen LogP contribution < -0.4 is 11.1 Å². The van der Waals surface area contributed by atoms with Crippen LogP contribution in [0.3, 0.4) is 0 Å². The molecule has 4 nitrogen and oxygen atoms in total. The summed E-state index contributed by atoms with van der Waals surface area (Å²) in [6, 6.07) is 0. The highest BCUT2D eigenvalue weighted by atomic mass is 16.5. The van der Waals surface area contributed by atoms with Crippen LogP contribution >= 0.6 is 0 Å². The minimum absolute atomic E-state index is 0.312. The first kappa shape index (κ1) is 11.7. The van der Waals surface area contributed by atoms with Crippen molar-refractivity contribution < 1.29 is 4.74 Å². The molecule has 92 valence electrons. The van der Waals surface area contributed by atoms with E-state index in [1.54, 1.807) is 0 Å². The minimum atomic E-state index is 0.312. The summed E-state index contributed by atoms with van der Waals surface area (Å²) < 4.78 is 5.70. The van der Waals surface area contributed by atoms with E-state index in [-0.39, 0.29) is 0 Å². The van der Waals surface area contributed by atoms with E-state index in [2.05, 4.69) is 17.2 Å². The number of rotatable bonds is 4. The highest BCUT2D eigenvalue weighted by Crippen LogP contribution is 2.26. The molecule has 0 spiro atoms. The Morgan fingerprint density at radius 2 is 2.19 bits per heavy atom. The maximum absolute atomic E-state index is 5.80. The Hall–Kier alpha value is -0.770. The van der Waals surface area contributed by atoms with Crippen LogP contribution in [0.2, 0.25) is 0 Å². The van der Waals surface area contributed by atoms with Gasteiger partial charge in [-0.2, -0.15) is 0 Å². The van der Waals surface area contributed by atoms with E-state index in [1.807, 2.05) is 0 Å². The zero-order chi connectivity index (χ0) is 11.4. The summed E-state index contributed by atoms with van der Waals surface area (Å²) in [7, 11) is 0. The summed E-state index contributed by atoms with van der Waals surface area (Å²) in [5.41, 5.74) is 5.80. The molecule has 0 aromatic heterocycles. The van der Waals surface area contributed by atoms with Gasteiger partial charge in [0.05, 0.1) is 12.2 Å². The minimum Gasteiger partial charge on any atom is -0.373 e. The maximum atomic E-state index is 5.80. The van der Waals surface area contributed by atoms with Crippen LogP contribution in [0.25, 0.3) is 0 Å². The van der Waals surface area contributed by atoms with Crippen molar-refractivity contribution in [3.8, 4) is 0 Å². The van der Waals surface area contributed by atoms with E-state index in [0.717, 1.165) is 31.8 Å². The molecule has 1 heterocycles. The van der Waals surface area contributed by atoms with Gasteiger partial charge in [-0.25, -0.2) is 0 Å². The molecule has 2 aliphatic rings. The number of nitrogens with two attached hydrogens (primary N) is 1. The van der Waals surface area contributed by atoms with E-state index in [1.165, 1.54) is 19.3 Å². The van der Waals surface area contributed by atoms with E-state index >= 15 is 0 Å². The third kappa shape index (κ3) is 3.37. The highest BCUT2D eigenvalue weighted by molar-refractivity contribution is 5.77. The molecule has 3 N–H and O–H groups in total. The summed E-state index contributed by atoms with van der Waals surface area (Å²) in [6.45, 7) is 3.80. The van der Waals surface area contributed by atoms with Gasteiger partial charge in [-0.05, 0) is 38.5 Å². The molecule has 4 heteroatoms. The number of hydrogen-bond acceptors (Lipinski definition) is 2. The Bertz CT molecular complexity index is 251. The van der Waals surface area contributed by atoms with Crippen LogP contribution in [-0.4, -0.2) is 31.3 Å². The molecule has 2 atom stereocenters. The topological polar surface area (TPSA) is 59.6 Å². The van der Waals surface area contributed by atoms with Gasteiger partial charge < -0.3 is 15.8 Å². The number of ether oxygens (including phenoxy) is 1. The number of guanidine groups is 1. The number of aliphatic imine (C=N–C) groups is 1. The second-order valence-electron chi connectivity index (χ2n) is 5.05. The molecule has 2 rings (SSSR count). The average Bonchev–Trinajstić information content (AvgIpc) is 2.59. The molecule has 2 unspecified atom stereocenters. The number of hydrogen-bond donors (Lipinski definition) is 2. The molecular weight excluding hydrogens is 202 g/mol. The Morgan fingerprint density at radius 1 is 1.38 bits per heavy atom. The fraction of sp³-hybridized carbons (Fsp3) is 0.917. The first-order valence-electron chi connectivity index (χ1n) is 6.43. The van der Waals surface area contributed by atoms with Crippen molar-refractivity contribution in [3.05, 3.63) is 0 Å². The lowest BCUT2D eigenvalue weighted by Gasteiger charge is -2.23. The van der Waals surface area contributed by atoms with Crippen LogP contribution in [0.15, 0.2) is 4.99 Å². The van der Waals surface area contributed by atoms with Gasteiger partial charge in [0, 0.05) is 13.1 Å². The number of nitrogens with zero attached hydrogens (tertiary/aromatic N) is 1. The van der Waals surface area contributed by atoms with Gasteiger partial charge in [0.1, 0.15) is 0 Å². The Morgan fingerprint density at radius 3 is 2.75 bits per heavy atom. The number of nitrogens with one attached hydrogen (secondary N) is 1. The molecule has 2 fully saturated rings.